The molecule has 0 saturated heterocycles. The molecule has 0 radical (unpaired) electrons. The Hall–Kier alpha value is -0.800. The molecular formula is C12H22N2O. The third-order valence-electron chi connectivity index (χ3n) is 2.92. The van der Waals surface area contributed by atoms with Crippen LogP contribution < -0.4 is 5.73 Å². The molecule has 1 aromatic rings. The molecule has 0 aliphatic heterocycles. The number of nitrogens with two attached hydrogens (primary N) is 1. The summed E-state index contributed by atoms with van der Waals surface area (Å²) in [5.41, 5.74) is 5.78. The molecule has 3 nitrogen and oxygen atoms in total. The average molecular weight is 210 g/mol. The van der Waals surface area contributed by atoms with Crippen LogP contribution in [0, 0.1) is 5.92 Å². The molecule has 0 aliphatic rings. The Balaban J connectivity index is 2.59. The smallest absolute Gasteiger partial charge is 0.122 e. The van der Waals surface area contributed by atoms with Gasteiger partial charge in [-0.1, -0.05) is 20.3 Å². The third-order valence-corrected chi connectivity index (χ3v) is 2.92. The molecule has 1 rings (SSSR count). The van der Waals surface area contributed by atoms with Gasteiger partial charge < -0.3 is 10.2 Å². The Morgan fingerprint density at radius 2 is 2.27 bits per heavy atom. The quantitative estimate of drug-likeness (QED) is 0.783. The van der Waals surface area contributed by atoms with Gasteiger partial charge in [0.2, 0.25) is 0 Å². The summed E-state index contributed by atoms with van der Waals surface area (Å²) < 4.78 is 5.40. The van der Waals surface area contributed by atoms with Crippen molar-refractivity contribution >= 4 is 0 Å². The summed E-state index contributed by atoms with van der Waals surface area (Å²) in [5, 5.41) is 0. The molecule has 2 unspecified atom stereocenters. The summed E-state index contributed by atoms with van der Waals surface area (Å²) in [6.45, 7) is 6.12. The lowest BCUT2D eigenvalue weighted by Crippen LogP contribution is -2.33. The van der Waals surface area contributed by atoms with Gasteiger partial charge in [0, 0.05) is 13.1 Å². The molecule has 0 fully saturated rings. The van der Waals surface area contributed by atoms with Crippen LogP contribution >= 0.6 is 0 Å². The van der Waals surface area contributed by atoms with Crippen LogP contribution in [0.4, 0.5) is 0 Å². The van der Waals surface area contributed by atoms with Crippen molar-refractivity contribution in [3.05, 3.63) is 24.2 Å². The second-order valence-corrected chi connectivity index (χ2v) is 4.22. The molecule has 0 amide bonds. The van der Waals surface area contributed by atoms with E-state index in [-0.39, 0.29) is 6.04 Å². The number of hydrogen-bond acceptors (Lipinski definition) is 3. The second-order valence-electron chi connectivity index (χ2n) is 4.22. The third kappa shape index (κ3) is 3.36. The molecule has 15 heavy (non-hydrogen) atoms. The Kier molecular flexibility index (Phi) is 4.85. The van der Waals surface area contributed by atoms with Gasteiger partial charge in [-0.05, 0) is 25.1 Å². The van der Waals surface area contributed by atoms with Crippen molar-refractivity contribution in [3.63, 3.8) is 0 Å². The van der Waals surface area contributed by atoms with Crippen molar-refractivity contribution < 1.29 is 4.42 Å². The van der Waals surface area contributed by atoms with E-state index in [0.717, 1.165) is 12.3 Å². The highest BCUT2D eigenvalue weighted by atomic mass is 16.3. The number of hydrogen-bond donors (Lipinski definition) is 1. The van der Waals surface area contributed by atoms with E-state index in [9.17, 15) is 0 Å². The monoisotopic (exact) mass is 210 g/mol. The number of furan rings is 1. The van der Waals surface area contributed by atoms with E-state index in [1.807, 2.05) is 12.1 Å². The molecule has 0 aromatic carbocycles. The van der Waals surface area contributed by atoms with Crippen LogP contribution in [0.1, 0.15) is 32.1 Å². The summed E-state index contributed by atoms with van der Waals surface area (Å²) in [4.78, 5) is 2.27. The van der Waals surface area contributed by atoms with Gasteiger partial charge in [0.05, 0.1) is 12.3 Å². The highest BCUT2D eigenvalue weighted by Gasteiger charge is 2.18. The highest BCUT2D eigenvalue weighted by molar-refractivity contribution is 5.05. The normalized spacial score (nSPS) is 15.5. The van der Waals surface area contributed by atoms with Crippen LogP contribution in [-0.4, -0.2) is 25.0 Å². The SMILES string of the molecule is CCC(C)CN(C)C(CN)c1ccco1. The predicted molar refractivity (Wildman–Crippen MR) is 62.6 cm³/mol. The van der Waals surface area contributed by atoms with Crippen LogP contribution in [0.5, 0.6) is 0 Å². The molecule has 86 valence electrons. The minimum Gasteiger partial charge on any atom is -0.468 e. The van der Waals surface area contributed by atoms with Crippen molar-refractivity contribution in [1.29, 1.82) is 0 Å². The molecule has 3 heteroatoms. The van der Waals surface area contributed by atoms with Gasteiger partial charge >= 0.3 is 0 Å². The van der Waals surface area contributed by atoms with Crippen molar-refractivity contribution in [2.45, 2.75) is 26.3 Å². The second kappa shape index (κ2) is 5.93. The van der Waals surface area contributed by atoms with Crippen molar-refractivity contribution in [2.24, 2.45) is 11.7 Å². The summed E-state index contributed by atoms with van der Waals surface area (Å²) in [7, 11) is 2.10. The Labute approximate surface area is 92.2 Å². The van der Waals surface area contributed by atoms with Gasteiger partial charge in [-0.25, -0.2) is 0 Å². The van der Waals surface area contributed by atoms with Gasteiger partial charge in [-0.15, -0.1) is 0 Å². The largest absolute Gasteiger partial charge is 0.468 e. The zero-order valence-corrected chi connectivity index (χ0v) is 9.94. The van der Waals surface area contributed by atoms with Crippen LogP contribution in [0.25, 0.3) is 0 Å². The van der Waals surface area contributed by atoms with E-state index >= 15 is 0 Å². The first-order valence-corrected chi connectivity index (χ1v) is 5.62. The van der Waals surface area contributed by atoms with Crippen LogP contribution in [-0.2, 0) is 0 Å². The first-order chi connectivity index (χ1) is 7.19. The fourth-order valence-electron chi connectivity index (χ4n) is 1.74. The maximum Gasteiger partial charge on any atom is 0.122 e. The average Bonchev–Trinajstić information content (AvgIpc) is 2.72. The lowest BCUT2D eigenvalue weighted by molar-refractivity contribution is 0.192. The summed E-state index contributed by atoms with van der Waals surface area (Å²) in [6, 6.07) is 4.11. The number of rotatable bonds is 6. The molecule has 1 aromatic heterocycles. The number of likely N-dealkylation sites (N-methyl/N-ethyl adjacent to an activating group) is 1. The van der Waals surface area contributed by atoms with E-state index in [1.54, 1.807) is 6.26 Å². The van der Waals surface area contributed by atoms with Crippen molar-refractivity contribution in [2.75, 3.05) is 20.1 Å². The first-order valence-electron chi connectivity index (χ1n) is 5.62. The molecular weight excluding hydrogens is 188 g/mol. The standard InChI is InChI=1S/C12H22N2O/c1-4-10(2)9-14(3)11(8-13)12-6-5-7-15-12/h5-7,10-11H,4,8-9,13H2,1-3H3. The zero-order valence-electron chi connectivity index (χ0n) is 9.94. The Bertz CT molecular complexity index is 259. The molecule has 1 heterocycles. The van der Waals surface area contributed by atoms with Gasteiger partial charge in [0.15, 0.2) is 0 Å². The number of nitrogens with zero attached hydrogens (tertiary/aromatic N) is 1. The van der Waals surface area contributed by atoms with E-state index < -0.39 is 0 Å². The van der Waals surface area contributed by atoms with Crippen molar-refractivity contribution in [3.8, 4) is 0 Å². The van der Waals surface area contributed by atoms with Crippen LogP contribution in [0.15, 0.2) is 22.8 Å². The lowest BCUT2D eigenvalue weighted by atomic mass is 10.1. The van der Waals surface area contributed by atoms with Crippen LogP contribution in [0.2, 0.25) is 0 Å². The predicted octanol–water partition coefficient (Wildman–Crippen LogP) is 2.26. The maximum absolute atomic E-state index is 5.78. The van der Waals surface area contributed by atoms with E-state index in [1.165, 1.54) is 6.42 Å². The summed E-state index contributed by atoms with van der Waals surface area (Å²) in [5.74, 6) is 1.65. The van der Waals surface area contributed by atoms with E-state index in [0.29, 0.717) is 12.5 Å². The van der Waals surface area contributed by atoms with Gasteiger partial charge in [0.1, 0.15) is 5.76 Å². The Morgan fingerprint density at radius 1 is 1.53 bits per heavy atom. The maximum atomic E-state index is 5.78. The zero-order chi connectivity index (χ0) is 11.3. The first kappa shape index (κ1) is 12.3. The molecule has 0 bridgehead atoms. The lowest BCUT2D eigenvalue weighted by Gasteiger charge is -2.27. The van der Waals surface area contributed by atoms with Gasteiger partial charge in [0.25, 0.3) is 0 Å². The van der Waals surface area contributed by atoms with Crippen LogP contribution in [0.3, 0.4) is 0 Å². The molecule has 0 spiro atoms. The molecule has 2 atom stereocenters. The molecule has 0 aliphatic carbocycles. The molecule has 2 N–H and O–H groups in total. The fraction of sp³-hybridized carbons (Fsp3) is 0.667. The van der Waals surface area contributed by atoms with E-state index in [4.69, 9.17) is 10.2 Å². The van der Waals surface area contributed by atoms with Crippen molar-refractivity contribution in [1.82, 2.24) is 4.90 Å². The minimum absolute atomic E-state index is 0.203. The minimum atomic E-state index is 0.203. The van der Waals surface area contributed by atoms with E-state index in [2.05, 4.69) is 25.8 Å². The Morgan fingerprint density at radius 3 is 2.73 bits per heavy atom. The van der Waals surface area contributed by atoms with Gasteiger partial charge in [-0.2, -0.15) is 0 Å². The molecule has 0 saturated carbocycles. The highest BCUT2D eigenvalue weighted by Crippen LogP contribution is 2.20. The fourth-order valence-corrected chi connectivity index (χ4v) is 1.74. The summed E-state index contributed by atoms with van der Waals surface area (Å²) in [6.07, 6.45) is 2.90. The summed E-state index contributed by atoms with van der Waals surface area (Å²) >= 11 is 0. The van der Waals surface area contributed by atoms with Gasteiger partial charge in [-0.3, -0.25) is 4.90 Å². The topological polar surface area (TPSA) is 42.4 Å².